The van der Waals surface area contributed by atoms with Crippen LogP contribution in [0.5, 0.6) is 5.75 Å². The zero-order chi connectivity index (χ0) is 20.8. The summed E-state index contributed by atoms with van der Waals surface area (Å²) in [6.07, 6.45) is 7.58. The van der Waals surface area contributed by atoms with Crippen molar-refractivity contribution in [3.63, 3.8) is 0 Å². The van der Waals surface area contributed by atoms with Gasteiger partial charge in [0.15, 0.2) is 0 Å². The molecule has 2 aromatic carbocycles. The summed E-state index contributed by atoms with van der Waals surface area (Å²) in [5, 5.41) is 20.3. The number of aryl methyl sites for hydroxylation is 2. The first-order valence-electron chi connectivity index (χ1n) is 9.27. The normalized spacial score (nSPS) is 12.1. The van der Waals surface area contributed by atoms with Gasteiger partial charge in [0.2, 0.25) is 0 Å². The first-order valence-corrected chi connectivity index (χ1v) is 9.27. The third-order valence-corrected chi connectivity index (χ3v) is 4.85. The number of nitrogens with one attached hydrogen (secondary N) is 1. The Labute approximate surface area is 169 Å². The van der Waals surface area contributed by atoms with Gasteiger partial charge in [-0.2, -0.15) is 5.26 Å². The summed E-state index contributed by atoms with van der Waals surface area (Å²) < 4.78 is 9.84. The van der Waals surface area contributed by atoms with Crippen molar-refractivity contribution in [3.8, 4) is 11.8 Å². The van der Waals surface area contributed by atoms with E-state index in [1.165, 1.54) is 36.4 Å². The molecule has 0 atom stereocenters. The van der Waals surface area contributed by atoms with E-state index in [4.69, 9.17) is 26.9 Å². The molecule has 7 nitrogen and oxygen atoms in total. The number of nitrogens with zero attached hydrogens (tertiary/aromatic N) is 2. The van der Waals surface area contributed by atoms with E-state index < -0.39 is 0 Å². The lowest BCUT2D eigenvalue weighted by Gasteiger charge is -2.17. The van der Waals surface area contributed by atoms with Gasteiger partial charge in [-0.05, 0) is 67.1 Å². The highest BCUT2D eigenvalue weighted by Crippen LogP contribution is 2.28. The number of nitrogens with two attached hydrogens (primary N) is 2. The Bertz CT molecular complexity index is 1050. The number of ether oxygens (including phenoxy) is 1. The maximum atomic E-state index is 8.92. The molecule has 148 valence electrons. The molecule has 0 radical (unpaired) electrons. The second-order valence-corrected chi connectivity index (χ2v) is 6.77. The van der Waals surface area contributed by atoms with E-state index in [2.05, 4.69) is 15.7 Å². The van der Waals surface area contributed by atoms with Crippen molar-refractivity contribution in [3.05, 3.63) is 70.6 Å². The van der Waals surface area contributed by atoms with Crippen LogP contribution in [0, 0.1) is 16.7 Å². The van der Waals surface area contributed by atoms with Crippen LogP contribution in [0.15, 0.2) is 47.3 Å². The molecular formula is C22H23N5O2. The van der Waals surface area contributed by atoms with E-state index in [0.717, 1.165) is 12.8 Å². The van der Waals surface area contributed by atoms with E-state index >= 15 is 0 Å². The van der Waals surface area contributed by atoms with Crippen molar-refractivity contribution in [2.75, 3.05) is 18.6 Å². The fraction of sp³-hybridized carbons (Fsp3) is 0.227. The molecule has 1 aliphatic rings. The Morgan fingerprint density at radius 3 is 2.52 bits per heavy atom. The number of nitrogen functional groups attached to an aromatic ring is 2. The fourth-order valence-electron chi connectivity index (χ4n) is 3.29. The molecule has 0 spiro atoms. The van der Waals surface area contributed by atoms with Crippen LogP contribution < -0.4 is 16.2 Å². The third-order valence-electron chi connectivity index (χ3n) is 4.85. The zero-order valence-corrected chi connectivity index (χ0v) is 16.2. The Morgan fingerprint density at radius 1 is 1.17 bits per heavy atom. The number of rotatable bonds is 3. The maximum absolute atomic E-state index is 8.92. The lowest BCUT2D eigenvalue weighted by molar-refractivity contribution is 0.412. The van der Waals surface area contributed by atoms with E-state index in [9.17, 15) is 0 Å². The van der Waals surface area contributed by atoms with Gasteiger partial charge in [-0.1, -0.05) is 5.16 Å². The summed E-state index contributed by atoms with van der Waals surface area (Å²) in [5.41, 5.74) is 17.2. The number of hydrogen-bond donors (Lipinski definition) is 3. The van der Waals surface area contributed by atoms with Crippen molar-refractivity contribution >= 4 is 17.1 Å². The minimum absolute atomic E-state index is 0.251. The first-order chi connectivity index (χ1) is 14.0. The summed E-state index contributed by atoms with van der Waals surface area (Å²) in [4.78, 5) is 0. The monoisotopic (exact) mass is 389 g/mol. The van der Waals surface area contributed by atoms with Crippen LogP contribution in [-0.2, 0) is 12.8 Å². The molecule has 1 heterocycles. The van der Waals surface area contributed by atoms with Crippen molar-refractivity contribution < 1.29 is 9.26 Å². The van der Waals surface area contributed by atoms with Gasteiger partial charge >= 0.3 is 0 Å². The summed E-state index contributed by atoms with van der Waals surface area (Å²) in [5.74, 6) is 0.716. The van der Waals surface area contributed by atoms with Crippen molar-refractivity contribution in [2.24, 2.45) is 0 Å². The van der Waals surface area contributed by atoms with Gasteiger partial charge in [0, 0.05) is 16.9 Å². The Morgan fingerprint density at radius 2 is 1.90 bits per heavy atom. The highest BCUT2D eigenvalue weighted by Gasteiger charge is 2.13. The second kappa shape index (κ2) is 8.93. The molecule has 0 saturated heterocycles. The molecule has 3 aromatic rings. The van der Waals surface area contributed by atoms with E-state index in [-0.39, 0.29) is 5.71 Å². The smallest absolute Gasteiger partial charge is 0.136 e. The minimum Gasteiger partial charge on any atom is -0.495 e. The van der Waals surface area contributed by atoms with Gasteiger partial charge in [-0.3, -0.25) is 5.41 Å². The van der Waals surface area contributed by atoms with Crippen LogP contribution >= 0.6 is 0 Å². The Kier molecular flexibility index (Phi) is 6.15. The largest absolute Gasteiger partial charge is 0.495 e. The quantitative estimate of drug-likeness (QED) is 0.462. The van der Waals surface area contributed by atoms with Gasteiger partial charge in [0.1, 0.15) is 18.1 Å². The van der Waals surface area contributed by atoms with Crippen LogP contribution in [0.4, 0.5) is 11.4 Å². The van der Waals surface area contributed by atoms with Crippen molar-refractivity contribution in [1.82, 2.24) is 5.16 Å². The lowest BCUT2D eigenvalue weighted by Crippen LogP contribution is -2.05. The number of fused-ring (bicyclic) bond motifs is 1. The van der Waals surface area contributed by atoms with E-state index in [0.29, 0.717) is 33.8 Å². The molecule has 0 aliphatic heterocycles. The summed E-state index contributed by atoms with van der Waals surface area (Å²) in [6, 6.07) is 11.2. The lowest BCUT2D eigenvalue weighted by atomic mass is 9.90. The first kappa shape index (κ1) is 20.0. The topological polar surface area (TPSA) is 135 Å². The molecule has 1 aliphatic carbocycles. The molecule has 0 bridgehead atoms. The Hall–Kier alpha value is -3.79. The molecule has 5 N–H and O–H groups in total. The average molecular weight is 389 g/mol. The van der Waals surface area contributed by atoms with Gasteiger partial charge in [-0.25, -0.2) is 0 Å². The van der Waals surface area contributed by atoms with Crippen molar-refractivity contribution in [1.29, 1.82) is 10.7 Å². The predicted molar refractivity (Wildman–Crippen MR) is 112 cm³/mol. The number of nitriles is 1. The molecule has 1 aromatic heterocycles. The zero-order valence-electron chi connectivity index (χ0n) is 16.2. The number of benzene rings is 2. The van der Waals surface area contributed by atoms with Crippen molar-refractivity contribution in [2.45, 2.75) is 25.7 Å². The van der Waals surface area contributed by atoms with Crippen LogP contribution in [0.3, 0.4) is 0 Å². The maximum Gasteiger partial charge on any atom is 0.136 e. The number of methoxy groups -OCH3 is 1. The van der Waals surface area contributed by atoms with Crippen LogP contribution in [-0.4, -0.2) is 18.0 Å². The number of anilines is 2. The van der Waals surface area contributed by atoms with Gasteiger partial charge in [-0.15, -0.1) is 0 Å². The van der Waals surface area contributed by atoms with Crippen LogP contribution in [0.25, 0.3) is 0 Å². The molecule has 7 heteroatoms. The average Bonchev–Trinajstić information content (AvgIpc) is 3.29. The van der Waals surface area contributed by atoms with Crippen LogP contribution in [0.1, 0.15) is 40.7 Å². The summed E-state index contributed by atoms with van der Waals surface area (Å²) >= 11 is 0. The molecular weight excluding hydrogens is 366 g/mol. The Balaban J connectivity index is 0.000000166. The molecule has 0 saturated carbocycles. The van der Waals surface area contributed by atoms with E-state index in [1.807, 2.05) is 12.1 Å². The molecule has 0 amide bonds. The highest BCUT2D eigenvalue weighted by atomic mass is 16.5. The van der Waals surface area contributed by atoms with Gasteiger partial charge in [0.25, 0.3) is 0 Å². The molecule has 29 heavy (non-hydrogen) atoms. The summed E-state index contributed by atoms with van der Waals surface area (Å²) in [7, 11) is 1.62. The second-order valence-electron chi connectivity index (χ2n) is 6.77. The van der Waals surface area contributed by atoms with E-state index in [1.54, 1.807) is 25.3 Å². The summed E-state index contributed by atoms with van der Waals surface area (Å²) in [6.45, 7) is 0. The third kappa shape index (κ3) is 4.55. The van der Waals surface area contributed by atoms with Crippen LogP contribution in [0.2, 0.25) is 0 Å². The number of hydrogen-bond acceptors (Lipinski definition) is 7. The molecule has 4 rings (SSSR count). The minimum atomic E-state index is 0.251. The SMILES string of the molecule is COc1cc2c(cc1C#N)CCCC2.N=C(c1cnoc1)c1cc(N)ccc1N. The predicted octanol–water partition coefficient (Wildman–Crippen LogP) is 3.70. The fourth-order valence-corrected chi connectivity index (χ4v) is 3.29. The number of aromatic nitrogens is 1. The highest BCUT2D eigenvalue weighted by molar-refractivity contribution is 6.13. The standard InChI is InChI=1S/C12H13NO.C10H10N4O/c1-14-12-7-10-5-3-2-4-9(10)6-11(12)8-13;11-7-1-2-9(12)8(3-7)10(13)6-4-14-15-5-6/h6-7H,2-5H2,1H3;1-5,13H,11-12H2. The molecule has 0 unspecified atom stereocenters. The van der Waals surface area contributed by atoms with Gasteiger partial charge in [0.05, 0.1) is 30.1 Å². The van der Waals surface area contributed by atoms with Gasteiger partial charge < -0.3 is 20.7 Å². The molecule has 0 fully saturated rings.